The van der Waals surface area contributed by atoms with E-state index in [1.807, 2.05) is 0 Å². The van der Waals surface area contributed by atoms with E-state index in [1.54, 1.807) is 6.92 Å². The highest BCUT2D eigenvalue weighted by molar-refractivity contribution is 5.76. The molecule has 0 aliphatic heterocycles. The summed E-state index contributed by atoms with van der Waals surface area (Å²) in [6.07, 6.45) is 0. The summed E-state index contributed by atoms with van der Waals surface area (Å²) in [5.41, 5.74) is 7.45. The molecule has 0 fully saturated rings. The summed E-state index contributed by atoms with van der Waals surface area (Å²) in [6.45, 7) is 5.47. The third kappa shape index (κ3) is 1.80. The van der Waals surface area contributed by atoms with Crippen molar-refractivity contribution >= 4 is 11.3 Å². The molecule has 0 bridgehead atoms. The van der Waals surface area contributed by atoms with Crippen LogP contribution in [0.25, 0.3) is 5.57 Å². The van der Waals surface area contributed by atoms with Crippen molar-refractivity contribution in [1.82, 2.24) is 0 Å². The first-order valence-electron chi connectivity index (χ1n) is 3.85. The molecule has 13 heavy (non-hydrogen) atoms. The van der Waals surface area contributed by atoms with Crippen molar-refractivity contribution in [2.24, 2.45) is 0 Å². The molecule has 0 saturated carbocycles. The van der Waals surface area contributed by atoms with Crippen LogP contribution in [0, 0.1) is 5.82 Å². The molecule has 0 amide bonds. The predicted octanol–water partition coefficient (Wildman–Crippen LogP) is 2.45. The zero-order chi connectivity index (χ0) is 10.0. The molecule has 2 nitrogen and oxygen atoms in total. The van der Waals surface area contributed by atoms with Crippen LogP contribution in [0.15, 0.2) is 18.7 Å². The molecule has 1 rings (SSSR count). The second kappa shape index (κ2) is 3.47. The molecule has 0 aromatic heterocycles. The average molecular weight is 181 g/mol. The highest BCUT2D eigenvalue weighted by atomic mass is 19.1. The molecule has 0 spiro atoms. The Bertz CT molecular complexity index is 347. The summed E-state index contributed by atoms with van der Waals surface area (Å²) < 4.78 is 17.9. The van der Waals surface area contributed by atoms with E-state index in [2.05, 4.69) is 6.58 Å². The van der Waals surface area contributed by atoms with Gasteiger partial charge in [0.05, 0.1) is 12.8 Å². The summed E-state index contributed by atoms with van der Waals surface area (Å²) in [5, 5.41) is 0. The molecule has 70 valence electrons. The predicted molar refractivity (Wildman–Crippen MR) is 52.1 cm³/mol. The van der Waals surface area contributed by atoms with E-state index in [9.17, 15) is 4.39 Å². The summed E-state index contributed by atoms with van der Waals surface area (Å²) in [7, 11) is 1.45. The molecular formula is C10H12FNO. The normalized spacial score (nSPS) is 9.77. The fourth-order valence-electron chi connectivity index (χ4n) is 1.11. The SMILES string of the molecule is C=C(C)c1cc(F)cc(OC)c1N. The van der Waals surface area contributed by atoms with Crippen molar-refractivity contribution in [3.05, 3.63) is 30.1 Å². The fraction of sp³-hybridized carbons (Fsp3) is 0.200. The Hall–Kier alpha value is -1.51. The minimum absolute atomic E-state index is 0.345. The molecule has 0 aliphatic rings. The number of allylic oxidation sites excluding steroid dienone is 1. The smallest absolute Gasteiger partial charge is 0.145 e. The number of nitrogen functional groups attached to an aromatic ring is 1. The van der Waals surface area contributed by atoms with Crippen LogP contribution in [-0.2, 0) is 0 Å². The van der Waals surface area contributed by atoms with Gasteiger partial charge in [-0.15, -0.1) is 0 Å². The first-order chi connectivity index (χ1) is 6.06. The van der Waals surface area contributed by atoms with E-state index in [4.69, 9.17) is 10.5 Å². The Labute approximate surface area is 76.8 Å². The van der Waals surface area contributed by atoms with E-state index < -0.39 is 0 Å². The van der Waals surface area contributed by atoms with E-state index in [1.165, 1.54) is 19.2 Å². The van der Waals surface area contributed by atoms with Crippen molar-refractivity contribution in [1.29, 1.82) is 0 Å². The number of rotatable bonds is 2. The summed E-state index contributed by atoms with van der Waals surface area (Å²) in [4.78, 5) is 0. The highest BCUT2D eigenvalue weighted by Gasteiger charge is 2.08. The zero-order valence-electron chi connectivity index (χ0n) is 7.73. The molecule has 3 heteroatoms. The van der Waals surface area contributed by atoms with Gasteiger partial charge in [-0.05, 0) is 18.6 Å². The van der Waals surface area contributed by atoms with E-state index in [0.717, 1.165) is 5.57 Å². The van der Waals surface area contributed by atoms with Crippen LogP contribution in [-0.4, -0.2) is 7.11 Å². The van der Waals surface area contributed by atoms with Crippen molar-refractivity contribution < 1.29 is 9.13 Å². The first-order valence-corrected chi connectivity index (χ1v) is 3.85. The van der Waals surface area contributed by atoms with Gasteiger partial charge in [0.15, 0.2) is 0 Å². The van der Waals surface area contributed by atoms with Crippen LogP contribution >= 0.6 is 0 Å². The Balaban J connectivity index is 3.35. The van der Waals surface area contributed by atoms with Gasteiger partial charge in [-0.1, -0.05) is 6.58 Å². The van der Waals surface area contributed by atoms with Gasteiger partial charge in [0, 0.05) is 11.6 Å². The summed E-state index contributed by atoms with van der Waals surface area (Å²) >= 11 is 0. The number of anilines is 1. The van der Waals surface area contributed by atoms with Crippen molar-refractivity contribution in [2.75, 3.05) is 12.8 Å². The second-order valence-corrected chi connectivity index (χ2v) is 2.85. The van der Waals surface area contributed by atoms with Gasteiger partial charge in [0.25, 0.3) is 0 Å². The number of ether oxygens (including phenoxy) is 1. The largest absolute Gasteiger partial charge is 0.494 e. The van der Waals surface area contributed by atoms with Gasteiger partial charge in [-0.3, -0.25) is 0 Å². The Morgan fingerprint density at radius 2 is 2.15 bits per heavy atom. The molecule has 0 saturated heterocycles. The summed E-state index contributed by atoms with van der Waals surface area (Å²) in [5.74, 6) is -0.0259. The number of hydrogen-bond acceptors (Lipinski definition) is 2. The van der Waals surface area contributed by atoms with Crippen LogP contribution in [0.1, 0.15) is 12.5 Å². The van der Waals surface area contributed by atoms with E-state index in [-0.39, 0.29) is 5.82 Å². The van der Waals surface area contributed by atoms with Crippen LogP contribution in [0.4, 0.5) is 10.1 Å². The van der Waals surface area contributed by atoms with Gasteiger partial charge < -0.3 is 10.5 Å². The number of halogens is 1. The van der Waals surface area contributed by atoms with Gasteiger partial charge in [-0.2, -0.15) is 0 Å². The minimum Gasteiger partial charge on any atom is -0.494 e. The van der Waals surface area contributed by atoms with E-state index >= 15 is 0 Å². The molecule has 0 unspecified atom stereocenters. The number of hydrogen-bond donors (Lipinski definition) is 1. The van der Waals surface area contributed by atoms with Crippen LogP contribution in [0.3, 0.4) is 0 Å². The standard InChI is InChI=1S/C10H12FNO/c1-6(2)8-4-7(11)5-9(13-3)10(8)12/h4-5H,1,12H2,2-3H3. The van der Waals surface area contributed by atoms with E-state index in [0.29, 0.717) is 17.0 Å². The lowest BCUT2D eigenvalue weighted by Gasteiger charge is -2.09. The third-order valence-corrected chi connectivity index (χ3v) is 1.79. The quantitative estimate of drug-likeness (QED) is 0.711. The Morgan fingerprint density at radius 3 is 2.62 bits per heavy atom. The monoisotopic (exact) mass is 181 g/mol. The molecule has 0 atom stereocenters. The topological polar surface area (TPSA) is 35.2 Å². The van der Waals surface area contributed by atoms with Gasteiger partial charge in [0.2, 0.25) is 0 Å². The first kappa shape index (κ1) is 9.58. The van der Waals surface area contributed by atoms with Crippen LogP contribution in [0.5, 0.6) is 5.75 Å². The lowest BCUT2D eigenvalue weighted by atomic mass is 10.1. The van der Waals surface area contributed by atoms with Crippen LogP contribution < -0.4 is 10.5 Å². The molecule has 1 aromatic rings. The number of nitrogens with two attached hydrogens (primary N) is 1. The Morgan fingerprint density at radius 1 is 1.54 bits per heavy atom. The van der Waals surface area contributed by atoms with Crippen LogP contribution in [0.2, 0.25) is 0 Å². The molecule has 2 N–H and O–H groups in total. The maximum absolute atomic E-state index is 13.0. The minimum atomic E-state index is -0.371. The maximum atomic E-state index is 13.0. The lowest BCUT2D eigenvalue weighted by Crippen LogP contribution is -1.97. The fourth-order valence-corrected chi connectivity index (χ4v) is 1.11. The molecular weight excluding hydrogens is 169 g/mol. The molecule has 1 aromatic carbocycles. The van der Waals surface area contributed by atoms with Crippen molar-refractivity contribution in [3.8, 4) is 5.75 Å². The van der Waals surface area contributed by atoms with Gasteiger partial charge in [-0.25, -0.2) is 4.39 Å². The highest BCUT2D eigenvalue weighted by Crippen LogP contribution is 2.30. The molecule has 0 aliphatic carbocycles. The number of methoxy groups -OCH3 is 1. The third-order valence-electron chi connectivity index (χ3n) is 1.79. The summed E-state index contributed by atoms with van der Waals surface area (Å²) in [6, 6.07) is 2.60. The van der Waals surface area contributed by atoms with Gasteiger partial charge in [0.1, 0.15) is 11.6 Å². The second-order valence-electron chi connectivity index (χ2n) is 2.85. The lowest BCUT2D eigenvalue weighted by molar-refractivity contribution is 0.413. The molecule has 0 heterocycles. The zero-order valence-corrected chi connectivity index (χ0v) is 7.73. The average Bonchev–Trinajstić information content (AvgIpc) is 2.08. The molecule has 0 radical (unpaired) electrons. The number of benzene rings is 1. The van der Waals surface area contributed by atoms with Crippen molar-refractivity contribution in [2.45, 2.75) is 6.92 Å². The van der Waals surface area contributed by atoms with Crippen molar-refractivity contribution in [3.63, 3.8) is 0 Å². The van der Waals surface area contributed by atoms with Gasteiger partial charge >= 0.3 is 0 Å². The maximum Gasteiger partial charge on any atom is 0.145 e. The Kier molecular flexibility index (Phi) is 2.56.